The van der Waals surface area contributed by atoms with Crippen LogP contribution in [0.4, 0.5) is 0 Å². The van der Waals surface area contributed by atoms with Crippen LogP contribution >= 0.6 is 0 Å². The van der Waals surface area contributed by atoms with Crippen LogP contribution in [0.5, 0.6) is 0 Å². The van der Waals surface area contributed by atoms with Crippen molar-refractivity contribution in [2.45, 2.75) is 51.2 Å². The molecule has 1 radical (unpaired) electrons. The van der Waals surface area contributed by atoms with Crippen molar-refractivity contribution in [3.05, 3.63) is 101 Å². The number of aliphatic hydroxyl groups is 1. The molecule has 1 spiro atoms. The third kappa shape index (κ3) is 8.69. The molecule has 0 aromatic heterocycles. The Labute approximate surface area is 271 Å². The van der Waals surface area contributed by atoms with Gasteiger partial charge in [-0.15, -0.1) is 19.6 Å². The second-order valence-electron chi connectivity index (χ2n) is 12.3. The van der Waals surface area contributed by atoms with Gasteiger partial charge in [-0.1, -0.05) is 98.8 Å². The van der Waals surface area contributed by atoms with Gasteiger partial charge in [-0.3, -0.25) is 4.79 Å². The summed E-state index contributed by atoms with van der Waals surface area (Å²) in [6.45, 7) is 12.4. The molecule has 41 heavy (non-hydrogen) atoms. The number of likely N-dealkylation sites (N-methyl/N-ethyl adjacent to an activating group) is 1. The third-order valence-electron chi connectivity index (χ3n) is 8.71. The summed E-state index contributed by atoms with van der Waals surface area (Å²) in [7, 11) is 1.78. The first kappa shape index (κ1) is 33.8. The molecule has 2 aromatic carbocycles. The molecule has 2 heterocycles. The van der Waals surface area contributed by atoms with E-state index >= 15 is 0 Å². The number of amides is 1. The Bertz CT molecular complexity index is 1150. The van der Waals surface area contributed by atoms with Gasteiger partial charge in [-0.2, -0.15) is 0 Å². The number of piperidine rings is 1. The summed E-state index contributed by atoms with van der Waals surface area (Å²) in [5.74, 6) is -0.109. The van der Waals surface area contributed by atoms with E-state index in [-0.39, 0.29) is 55.5 Å². The fourth-order valence-corrected chi connectivity index (χ4v) is 6.42. The van der Waals surface area contributed by atoms with Crippen molar-refractivity contribution in [2.24, 2.45) is 10.8 Å². The van der Waals surface area contributed by atoms with E-state index in [1.165, 1.54) is 5.56 Å². The summed E-state index contributed by atoms with van der Waals surface area (Å²) < 4.78 is 5.34. The number of carbonyl (C=O) groups excluding carboxylic acids is 1. The molecule has 7 heteroatoms. The third-order valence-corrected chi connectivity index (χ3v) is 8.71. The topological polar surface area (TPSA) is 78.0 Å². The first-order valence-electron chi connectivity index (χ1n) is 14.5. The number of rotatable bonds is 6. The van der Waals surface area contributed by atoms with Crippen LogP contribution in [-0.4, -0.2) is 68.0 Å². The zero-order valence-corrected chi connectivity index (χ0v) is 27.8. The average molecular weight is 633 g/mol. The molecule has 3 fully saturated rings. The van der Waals surface area contributed by atoms with E-state index in [4.69, 9.17) is 4.74 Å². The van der Waals surface area contributed by atoms with Gasteiger partial charge in [0.1, 0.15) is 0 Å². The summed E-state index contributed by atoms with van der Waals surface area (Å²) in [5, 5.41) is 20.8. The summed E-state index contributed by atoms with van der Waals surface area (Å²) in [6, 6.07) is 20.3. The van der Waals surface area contributed by atoms with E-state index in [1.807, 2.05) is 48.5 Å². The van der Waals surface area contributed by atoms with Crippen LogP contribution in [0.25, 0.3) is 16.2 Å². The zero-order chi connectivity index (χ0) is 28.6. The van der Waals surface area contributed by atoms with E-state index < -0.39 is 5.60 Å². The predicted octanol–water partition coefficient (Wildman–Crippen LogP) is 6.55. The largest absolute Gasteiger partial charge is 0.662 e. The van der Waals surface area contributed by atoms with Crippen molar-refractivity contribution in [3.8, 4) is 0 Å². The quantitative estimate of drug-likeness (QED) is 0.290. The molecule has 6 nitrogen and oxygen atoms in total. The SMILES string of the molecule is C=C/C(=C\C(=O)N(C)CC1(O)CC[N-]CC12CCC(C)(C)C2)c1ccccc1.[Y].c1ccc(C2COCC[N-]2)cc1. The molecule has 5 rings (SSSR count). The van der Waals surface area contributed by atoms with Crippen LogP contribution in [0.1, 0.15) is 56.7 Å². The molecule has 3 atom stereocenters. The van der Waals surface area contributed by atoms with E-state index in [1.54, 1.807) is 24.1 Å². The maximum atomic E-state index is 12.9. The summed E-state index contributed by atoms with van der Waals surface area (Å²) in [4.78, 5) is 14.6. The van der Waals surface area contributed by atoms with Gasteiger partial charge in [-0.05, 0) is 47.6 Å². The molecule has 3 unspecified atom stereocenters. The van der Waals surface area contributed by atoms with Crippen LogP contribution in [-0.2, 0) is 42.2 Å². The monoisotopic (exact) mass is 632 g/mol. The zero-order valence-electron chi connectivity index (χ0n) is 25.0. The summed E-state index contributed by atoms with van der Waals surface area (Å²) in [5.41, 5.74) is 2.13. The number of hydrogen-bond acceptors (Lipinski definition) is 3. The number of hydrogen-bond donors (Lipinski definition) is 1. The summed E-state index contributed by atoms with van der Waals surface area (Å²) in [6.07, 6.45) is 6.97. The molecule has 1 saturated carbocycles. The molecule has 2 aromatic rings. The van der Waals surface area contributed by atoms with Crippen molar-refractivity contribution in [1.29, 1.82) is 0 Å². The van der Waals surface area contributed by atoms with Crippen molar-refractivity contribution in [3.63, 3.8) is 0 Å². The number of ether oxygens (including phenoxy) is 1. The molecule has 1 amide bonds. The van der Waals surface area contributed by atoms with Crippen LogP contribution in [0, 0.1) is 10.8 Å². The Morgan fingerprint density at radius 3 is 2.34 bits per heavy atom. The molecule has 2 saturated heterocycles. The van der Waals surface area contributed by atoms with Gasteiger partial charge >= 0.3 is 0 Å². The Kier molecular flexibility index (Phi) is 12.5. The minimum absolute atomic E-state index is 0. The van der Waals surface area contributed by atoms with Gasteiger partial charge in [0.05, 0.1) is 5.60 Å². The molecule has 219 valence electrons. The fraction of sp³-hybridized carbons (Fsp3) is 0.500. The molecule has 2 aliphatic heterocycles. The Hall–Kier alpha value is -1.67. The standard InChI is InChI=1S/C24H33N2O2.C10H12NO.Y/c1-5-19(20-9-7-6-8-10-20)15-21(27)26(4)18-24(28)13-14-25-17-23(24)12-11-22(2,3)16-23;1-2-4-9(5-3-1)10-8-12-7-6-11-10;/h5-10,15,28H,1,11-14,16-18H2,2-4H3;1-5,10H,6-8H2;/q2*-1;/b19-15+;;. The van der Waals surface area contributed by atoms with Gasteiger partial charge < -0.3 is 25.4 Å². The maximum Gasteiger partial charge on any atom is 0.247 e. The minimum Gasteiger partial charge on any atom is -0.662 e. The van der Waals surface area contributed by atoms with Crippen LogP contribution in [0.15, 0.2) is 79.4 Å². The fourth-order valence-electron chi connectivity index (χ4n) is 6.42. The second-order valence-corrected chi connectivity index (χ2v) is 12.3. The average Bonchev–Trinajstić information content (AvgIpc) is 3.30. The number of allylic oxidation sites excluding steroid dienone is 2. The van der Waals surface area contributed by atoms with Gasteiger partial charge in [-0.25, -0.2) is 0 Å². The second kappa shape index (κ2) is 15.2. The Morgan fingerprint density at radius 2 is 1.76 bits per heavy atom. The Morgan fingerprint density at radius 1 is 1.07 bits per heavy atom. The first-order chi connectivity index (χ1) is 19.2. The summed E-state index contributed by atoms with van der Waals surface area (Å²) >= 11 is 0. The molecular formula is C34H45N3O3Y-2. The van der Waals surface area contributed by atoms with Crippen LogP contribution in [0.3, 0.4) is 0 Å². The normalized spacial score (nSPS) is 27.2. The maximum absolute atomic E-state index is 12.9. The smallest absolute Gasteiger partial charge is 0.247 e. The van der Waals surface area contributed by atoms with Crippen molar-refractivity contribution in [2.75, 3.05) is 46.4 Å². The van der Waals surface area contributed by atoms with E-state index in [2.05, 4.69) is 43.2 Å². The molecule has 1 aliphatic carbocycles. The van der Waals surface area contributed by atoms with Crippen LogP contribution < -0.4 is 0 Å². The number of morpholine rings is 1. The molecular weight excluding hydrogens is 587 g/mol. The molecule has 1 N–H and O–H groups in total. The Balaban J connectivity index is 0.000000296. The van der Waals surface area contributed by atoms with E-state index in [0.29, 0.717) is 26.1 Å². The first-order valence-corrected chi connectivity index (χ1v) is 14.5. The van der Waals surface area contributed by atoms with Crippen molar-refractivity contribution >= 4 is 11.5 Å². The number of benzene rings is 2. The van der Waals surface area contributed by atoms with Crippen LogP contribution in [0.2, 0.25) is 0 Å². The van der Waals surface area contributed by atoms with Gasteiger partial charge in [0, 0.05) is 65.6 Å². The van der Waals surface area contributed by atoms with Gasteiger partial charge in [0.15, 0.2) is 0 Å². The van der Waals surface area contributed by atoms with Crippen molar-refractivity contribution in [1.82, 2.24) is 4.90 Å². The molecule has 0 bridgehead atoms. The number of carbonyl (C=O) groups is 1. The number of nitrogens with zero attached hydrogens (tertiary/aromatic N) is 3. The molecule has 3 aliphatic rings. The van der Waals surface area contributed by atoms with Crippen molar-refractivity contribution < 1.29 is 47.3 Å². The predicted molar refractivity (Wildman–Crippen MR) is 163 cm³/mol. The van der Waals surface area contributed by atoms with Gasteiger partial charge in [0.25, 0.3) is 0 Å². The van der Waals surface area contributed by atoms with E-state index in [9.17, 15) is 9.90 Å². The minimum atomic E-state index is -0.887. The van der Waals surface area contributed by atoms with Gasteiger partial charge in [0.2, 0.25) is 5.91 Å². The van der Waals surface area contributed by atoms with E-state index in [0.717, 1.165) is 50.2 Å².